The van der Waals surface area contributed by atoms with Crippen LogP contribution in [0, 0.1) is 5.82 Å². The lowest BCUT2D eigenvalue weighted by molar-refractivity contribution is 0.0687. The fraction of sp³-hybridized carbons (Fsp3) is 0.526. The van der Waals surface area contributed by atoms with Crippen LogP contribution in [0.2, 0.25) is 0 Å². The van der Waals surface area contributed by atoms with Crippen molar-refractivity contribution < 1.29 is 23.8 Å². The summed E-state index contributed by atoms with van der Waals surface area (Å²) in [4.78, 5) is 26.5. The van der Waals surface area contributed by atoms with Crippen LogP contribution in [0.15, 0.2) is 16.9 Å². The van der Waals surface area contributed by atoms with E-state index in [9.17, 15) is 19.1 Å². The number of rotatable bonds is 6. The Morgan fingerprint density at radius 2 is 2.10 bits per heavy atom. The Kier molecular flexibility index (Phi) is 5.37. The van der Waals surface area contributed by atoms with Crippen molar-refractivity contribution in [1.82, 2.24) is 19.2 Å². The first kappa shape index (κ1) is 19.6. The van der Waals surface area contributed by atoms with E-state index in [-0.39, 0.29) is 29.7 Å². The third kappa shape index (κ3) is 3.90. The summed E-state index contributed by atoms with van der Waals surface area (Å²) < 4.78 is 28.2. The Labute approximate surface area is 166 Å². The van der Waals surface area contributed by atoms with Gasteiger partial charge in [-0.05, 0) is 38.9 Å². The molecule has 0 spiro atoms. The summed E-state index contributed by atoms with van der Waals surface area (Å²) in [5.41, 5.74) is -0.938. The number of aromatic nitrogens is 3. The second-order valence-corrected chi connectivity index (χ2v) is 7.36. The molecule has 4 rings (SSSR count). The summed E-state index contributed by atoms with van der Waals surface area (Å²) >= 11 is 0. The van der Waals surface area contributed by atoms with E-state index in [0.717, 1.165) is 36.7 Å². The average molecular weight is 406 g/mol. The van der Waals surface area contributed by atoms with E-state index >= 15 is 0 Å². The third-order valence-electron chi connectivity index (χ3n) is 5.18. The molecule has 1 N–H and O–H groups in total. The van der Waals surface area contributed by atoms with Crippen LogP contribution in [0.5, 0.6) is 5.75 Å². The van der Waals surface area contributed by atoms with E-state index in [2.05, 4.69) is 10.00 Å². The molecule has 9 nitrogen and oxygen atoms in total. The van der Waals surface area contributed by atoms with Crippen molar-refractivity contribution in [2.24, 2.45) is 0 Å². The number of hydrogen-bond donors (Lipinski definition) is 1. The van der Waals surface area contributed by atoms with Gasteiger partial charge >= 0.3 is 11.7 Å². The van der Waals surface area contributed by atoms with E-state index < -0.39 is 17.5 Å². The van der Waals surface area contributed by atoms with Crippen LogP contribution >= 0.6 is 0 Å². The van der Waals surface area contributed by atoms with Gasteiger partial charge in [-0.3, -0.25) is 9.47 Å². The molecule has 2 aromatic rings. The third-order valence-corrected chi connectivity index (χ3v) is 5.18. The van der Waals surface area contributed by atoms with E-state index in [4.69, 9.17) is 9.47 Å². The number of aromatic carboxylic acids is 1. The predicted octanol–water partition coefficient (Wildman–Crippen LogP) is 1.26. The molecule has 1 unspecified atom stereocenters. The maximum atomic E-state index is 14.7. The lowest BCUT2D eigenvalue weighted by Crippen LogP contribution is -2.32. The SMILES string of the molecule is CC(CN1CCCC1)Oc1cc(-n2nc3n(c2=O)CCOC3)c(F)cc1C(=O)O. The van der Waals surface area contributed by atoms with Crippen molar-refractivity contribution in [1.29, 1.82) is 0 Å². The largest absolute Gasteiger partial charge is 0.488 e. The van der Waals surface area contributed by atoms with Crippen molar-refractivity contribution in [3.05, 3.63) is 39.8 Å². The Balaban J connectivity index is 1.68. The van der Waals surface area contributed by atoms with E-state index in [1.807, 2.05) is 6.92 Å². The maximum absolute atomic E-state index is 14.7. The van der Waals surface area contributed by atoms with Gasteiger partial charge in [-0.2, -0.15) is 4.68 Å². The predicted molar refractivity (Wildman–Crippen MR) is 100 cm³/mol. The van der Waals surface area contributed by atoms with Gasteiger partial charge in [0, 0.05) is 12.6 Å². The highest BCUT2D eigenvalue weighted by molar-refractivity contribution is 5.91. The molecule has 1 fully saturated rings. The van der Waals surface area contributed by atoms with Crippen LogP contribution in [0.3, 0.4) is 0 Å². The molecule has 0 bridgehead atoms. The quantitative estimate of drug-likeness (QED) is 0.771. The number of carbonyl (C=O) groups is 1. The molecular weight excluding hydrogens is 383 g/mol. The molecular formula is C19H23FN4O5. The number of benzene rings is 1. The molecule has 29 heavy (non-hydrogen) atoms. The molecule has 0 saturated carbocycles. The van der Waals surface area contributed by atoms with Gasteiger partial charge in [0.25, 0.3) is 0 Å². The summed E-state index contributed by atoms with van der Waals surface area (Å²) in [6, 6.07) is 2.11. The lowest BCUT2D eigenvalue weighted by Gasteiger charge is -2.22. The minimum atomic E-state index is -1.30. The van der Waals surface area contributed by atoms with Crippen molar-refractivity contribution >= 4 is 5.97 Å². The van der Waals surface area contributed by atoms with Crippen molar-refractivity contribution in [2.45, 2.75) is 39.0 Å². The van der Waals surface area contributed by atoms with Gasteiger partial charge in [-0.15, -0.1) is 5.10 Å². The van der Waals surface area contributed by atoms with Crippen LogP contribution < -0.4 is 10.4 Å². The summed E-state index contributed by atoms with van der Waals surface area (Å²) in [7, 11) is 0. The Morgan fingerprint density at radius 1 is 1.34 bits per heavy atom. The lowest BCUT2D eigenvalue weighted by atomic mass is 10.1. The van der Waals surface area contributed by atoms with Gasteiger partial charge in [0.1, 0.15) is 35.5 Å². The molecule has 1 aromatic heterocycles. The first-order valence-electron chi connectivity index (χ1n) is 9.66. The number of carboxylic acid groups (broad SMARTS) is 1. The zero-order valence-corrected chi connectivity index (χ0v) is 16.1. The van der Waals surface area contributed by atoms with E-state index in [1.54, 1.807) is 0 Å². The Hall–Kier alpha value is -2.72. The zero-order valence-electron chi connectivity index (χ0n) is 16.1. The number of fused-ring (bicyclic) bond motifs is 1. The van der Waals surface area contributed by atoms with Crippen molar-refractivity contribution in [3.63, 3.8) is 0 Å². The molecule has 10 heteroatoms. The zero-order chi connectivity index (χ0) is 20.5. The minimum Gasteiger partial charge on any atom is -0.488 e. The molecule has 0 aliphatic carbocycles. The molecule has 0 radical (unpaired) electrons. The Morgan fingerprint density at radius 3 is 2.79 bits per heavy atom. The number of likely N-dealkylation sites (tertiary alicyclic amines) is 1. The summed E-state index contributed by atoms with van der Waals surface area (Å²) in [6.07, 6.45) is 1.96. The molecule has 1 aromatic carbocycles. The molecule has 0 amide bonds. The first-order chi connectivity index (χ1) is 13.9. The smallest absolute Gasteiger partial charge is 0.350 e. The van der Waals surface area contributed by atoms with E-state index in [0.29, 0.717) is 25.5 Å². The van der Waals surface area contributed by atoms with Gasteiger partial charge in [0.05, 0.1) is 13.2 Å². The normalized spacial score (nSPS) is 17.9. The van der Waals surface area contributed by atoms with Gasteiger partial charge in [0.15, 0.2) is 5.82 Å². The monoisotopic (exact) mass is 406 g/mol. The van der Waals surface area contributed by atoms with Crippen LogP contribution in [0.25, 0.3) is 5.69 Å². The van der Waals surface area contributed by atoms with Crippen LogP contribution in [0.4, 0.5) is 4.39 Å². The van der Waals surface area contributed by atoms with Crippen LogP contribution in [-0.4, -0.2) is 62.7 Å². The highest BCUT2D eigenvalue weighted by Gasteiger charge is 2.24. The molecule has 2 aliphatic heterocycles. The summed E-state index contributed by atoms with van der Waals surface area (Å²) in [6.45, 7) is 5.30. The van der Waals surface area contributed by atoms with Crippen molar-refractivity contribution in [3.8, 4) is 11.4 Å². The topological polar surface area (TPSA) is 98.8 Å². The van der Waals surface area contributed by atoms with Crippen molar-refractivity contribution in [2.75, 3.05) is 26.2 Å². The average Bonchev–Trinajstić information content (AvgIpc) is 3.31. The summed E-state index contributed by atoms with van der Waals surface area (Å²) in [5.74, 6) is -1.76. The molecule has 2 aliphatic rings. The standard InChI is InChI=1S/C19H23FN4O5/c1-12(10-22-4-2-3-5-22)29-16-9-15(14(20)8-13(16)18(25)26)24-19(27)23-6-7-28-11-17(23)21-24/h8-9,12H,2-7,10-11H2,1H3,(H,25,26). The van der Waals surface area contributed by atoms with Crippen LogP contribution in [-0.2, 0) is 17.9 Å². The Bertz CT molecular complexity index is 980. The minimum absolute atomic E-state index is 0.00900. The molecule has 3 heterocycles. The highest BCUT2D eigenvalue weighted by Crippen LogP contribution is 2.27. The fourth-order valence-corrected chi connectivity index (χ4v) is 3.80. The van der Waals surface area contributed by atoms with Gasteiger partial charge < -0.3 is 14.6 Å². The number of hydrogen-bond acceptors (Lipinski definition) is 6. The number of carboxylic acids is 1. The number of halogens is 1. The molecule has 1 saturated heterocycles. The molecule has 1 atom stereocenters. The highest BCUT2D eigenvalue weighted by atomic mass is 19.1. The maximum Gasteiger partial charge on any atom is 0.350 e. The second-order valence-electron chi connectivity index (χ2n) is 7.36. The second kappa shape index (κ2) is 7.96. The van der Waals surface area contributed by atoms with Gasteiger partial charge in [0.2, 0.25) is 0 Å². The van der Waals surface area contributed by atoms with Crippen LogP contribution in [0.1, 0.15) is 35.9 Å². The molecule has 156 valence electrons. The first-order valence-corrected chi connectivity index (χ1v) is 9.66. The van der Waals surface area contributed by atoms with E-state index in [1.165, 1.54) is 10.6 Å². The van der Waals surface area contributed by atoms with Gasteiger partial charge in [-0.25, -0.2) is 14.0 Å². The number of ether oxygens (including phenoxy) is 2. The van der Waals surface area contributed by atoms with Gasteiger partial charge in [-0.1, -0.05) is 0 Å². The summed E-state index contributed by atoms with van der Waals surface area (Å²) in [5, 5.41) is 13.6. The number of nitrogens with zero attached hydrogens (tertiary/aromatic N) is 4. The fourth-order valence-electron chi connectivity index (χ4n) is 3.80.